The maximum Gasteiger partial charge on any atom is 0.0159 e. The molecular formula is C58H42. The van der Waals surface area contributed by atoms with Crippen molar-refractivity contribution in [2.24, 2.45) is 0 Å². The molecule has 0 unspecified atom stereocenters. The number of hydrogen-bond donors (Lipinski definition) is 0. The van der Waals surface area contributed by atoms with Crippen LogP contribution in [0.4, 0.5) is 0 Å². The first kappa shape index (κ1) is 33.4. The molecule has 0 heterocycles. The fraction of sp³-hybridized carbons (Fsp3) is 0.103. The molecule has 0 bridgehead atoms. The van der Waals surface area contributed by atoms with Gasteiger partial charge in [-0.3, -0.25) is 0 Å². The van der Waals surface area contributed by atoms with Crippen molar-refractivity contribution < 1.29 is 0 Å². The van der Waals surface area contributed by atoms with Gasteiger partial charge in [-0.05, 0) is 145 Å². The van der Waals surface area contributed by atoms with Crippen LogP contribution in [0.1, 0.15) is 49.9 Å². The van der Waals surface area contributed by atoms with Crippen LogP contribution in [0.25, 0.3) is 98.7 Å². The van der Waals surface area contributed by atoms with Gasteiger partial charge in [0.05, 0.1) is 0 Å². The third-order valence-corrected chi connectivity index (χ3v) is 13.8. The van der Waals surface area contributed by atoms with Gasteiger partial charge in [0.25, 0.3) is 0 Å². The van der Waals surface area contributed by atoms with Crippen LogP contribution in [-0.2, 0) is 10.8 Å². The first-order valence-corrected chi connectivity index (χ1v) is 20.7. The molecule has 2 aliphatic carbocycles. The van der Waals surface area contributed by atoms with Crippen molar-refractivity contribution in [3.8, 4) is 55.6 Å². The summed E-state index contributed by atoms with van der Waals surface area (Å²) >= 11 is 0. The highest BCUT2D eigenvalue weighted by atomic mass is 14.4. The summed E-state index contributed by atoms with van der Waals surface area (Å²) in [6.45, 7) is 9.53. The minimum atomic E-state index is -0.102. The summed E-state index contributed by atoms with van der Waals surface area (Å²) in [6.07, 6.45) is 0. The minimum absolute atomic E-state index is 0.0719. The van der Waals surface area contributed by atoms with Gasteiger partial charge in [0.2, 0.25) is 0 Å². The lowest BCUT2D eigenvalue weighted by Gasteiger charge is -2.24. The third-order valence-electron chi connectivity index (χ3n) is 13.8. The fourth-order valence-corrected chi connectivity index (χ4v) is 11.0. The Bertz CT molecular complexity index is 3340. The zero-order valence-electron chi connectivity index (χ0n) is 33.3. The Kier molecular flexibility index (Phi) is 6.84. The molecule has 0 amide bonds. The fourth-order valence-electron chi connectivity index (χ4n) is 11.0. The SMILES string of the molecule is CC1(C)c2ccccc2-c2ccc(-c3ccc4c(-c5c6ccccc6cc6ccccc56)c5ccccc5c(-c5ccc6c(c5)C(C)(C)c5ccccc5-6)c4c3)cc21. The van der Waals surface area contributed by atoms with Crippen LogP contribution in [0.15, 0.2) is 182 Å². The second kappa shape index (κ2) is 11.9. The molecule has 10 aromatic carbocycles. The lowest BCUT2D eigenvalue weighted by Crippen LogP contribution is -2.14. The van der Waals surface area contributed by atoms with E-state index in [1.165, 1.54) is 121 Å². The van der Waals surface area contributed by atoms with Crippen LogP contribution < -0.4 is 0 Å². The number of benzene rings is 10. The van der Waals surface area contributed by atoms with Crippen LogP contribution in [0.3, 0.4) is 0 Å². The molecular weight excluding hydrogens is 697 g/mol. The standard InChI is InChI=1S/C58H42/c1-57(2)50-23-13-11-19-42(50)44-28-25-36(33-52(44)57)35-26-30-48-49(32-35)54(39-27-29-45-43-20-12-14-24-51(43)58(3,4)53(45)34-39)46-21-9-10-22-47(46)56(48)55-40-17-7-5-15-37(40)31-38-16-6-8-18-41(38)55/h5-34H,1-4H3. The van der Waals surface area contributed by atoms with E-state index in [9.17, 15) is 0 Å². The quantitative estimate of drug-likeness (QED) is 0.158. The summed E-state index contributed by atoms with van der Waals surface area (Å²) in [5.41, 5.74) is 18.5. The van der Waals surface area contributed by atoms with E-state index in [4.69, 9.17) is 0 Å². The van der Waals surface area contributed by atoms with E-state index in [0.29, 0.717) is 0 Å². The summed E-state index contributed by atoms with van der Waals surface area (Å²) in [7, 11) is 0. The van der Waals surface area contributed by atoms with Crippen LogP contribution in [0, 0.1) is 0 Å². The Balaban J connectivity index is 1.19. The average molecular weight is 739 g/mol. The molecule has 0 radical (unpaired) electrons. The van der Waals surface area contributed by atoms with Crippen LogP contribution in [0.2, 0.25) is 0 Å². The van der Waals surface area contributed by atoms with Gasteiger partial charge in [0.1, 0.15) is 0 Å². The molecule has 10 aromatic rings. The van der Waals surface area contributed by atoms with Crippen molar-refractivity contribution in [1.82, 2.24) is 0 Å². The molecule has 0 heteroatoms. The lowest BCUT2D eigenvalue weighted by atomic mass is 9.79. The molecule has 12 rings (SSSR count). The van der Waals surface area contributed by atoms with Crippen molar-refractivity contribution in [2.75, 3.05) is 0 Å². The summed E-state index contributed by atoms with van der Waals surface area (Å²) in [5, 5.41) is 10.2. The highest BCUT2D eigenvalue weighted by Crippen LogP contribution is 2.54. The van der Waals surface area contributed by atoms with E-state index >= 15 is 0 Å². The molecule has 0 nitrogen and oxygen atoms in total. The summed E-state index contributed by atoms with van der Waals surface area (Å²) in [4.78, 5) is 0. The Morgan fingerprint density at radius 1 is 0.259 bits per heavy atom. The number of rotatable bonds is 3. The molecule has 58 heavy (non-hydrogen) atoms. The van der Waals surface area contributed by atoms with Crippen molar-refractivity contribution in [3.63, 3.8) is 0 Å². The van der Waals surface area contributed by atoms with Gasteiger partial charge >= 0.3 is 0 Å². The van der Waals surface area contributed by atoms with Gasteiger partial charge in [0.15, 0.2) is 0 Å². The Labute approximate surface area is 340 Å². The highest BCUT2D eigenvalue weighted by molar-refractivity contribution is 6.27. The average Bonchev–Trinajstić information content (AvgIpc) is 3.63. The molecule has 0 spiro atoms. The molecule has 2 aliphatic rings. The summed E-state index contributed by atoms with van der Waals surface area (Å²) in [5.74, 6) is 0. The molecule has 0 saturated heterocycles. The van der Waals surface area contributed by atoms with Crippen molar-refractivity contribution in [3.05, 3.63) is 204 Å². The largest absolute Gasteiger partial charge is 0.0619 e. The van der Waals surface area contributed by atoms with Gasteiger partial charge in [-0.1, -0.05) is 185 Å². The molecule has 0 atom stereocenters. The van der Waals surface area contributed by atoms with Gasteiger partial charge < -0.3 is 0 Å². The lowest BCUT2D eigenvalue weighted by molar-refractivity contribution is 0.660. The maximum absolute atomic E-state index is 2.51. The smallest absolute Gasteiger partial charge is 0.0159 e. The highest BCUT2D eigenvalue weighted by Gasteiger charge is 2.37. The van der Waals surface area contributed by atoms with E-state index in [2.05, 4.69) is 210 Å². The normalized spacial score (nSPS) is 14.5. The van der Waals surface area contributed by atoms with Crippen LogP contribution >= 0.6 is 0 Å². The van der Waals surface area contributed by atoms with Gasteiger partial charge in [-0.2, -0.15) is 0 Å². The molecule has 0 aliphatic heterocycles. The number of fused-ring (bicyclic) bond motifs is 10. The first-order chi connectivity index (χ1) is 28.3. The summed E-state index contributed by atoms with van der Waals surface area (Å²) in [6, 6.07) is 69.0. The van der Waals surface area contributed by atoms with E-state index in [0.717, 1.165) is 0 Å². The third kappa shape index (κ3) is 4.52. The first-order valence-electron chi connectivity index (χ1n) is 20.7. The second-order valence-electron chi connectivity index (χ2n) is 17.6. The van der Waals surface area contributed by atoms with E-state index < -0.39 is 0 Å². The van der Waals surface area contributed by atoms with Crippen molar-refractivity contribution in [1.29, 1.82) is 0 Å². The van der Waals surface area contributed by atoms with Gasteiger partial charge in [0, 0.05) is 10.8 Å². The summed E-state index contributed by atoms with van der Waals surface area (Å²) < 4.78 is 0. The molecule has 274 valence electrons. The predicted molar refractivity (Wildman–Crippen MR) is 248 cm³/mol. The second-order valence-corrected chi connectivity index (χ2v) is 17.6. The predicted octanol–water partition coefficient (Wildman–Crippen LogP) is 15.9. The van der Waals surface area contributed by atoms with Gasteiger partial charge in [-0.15, -0.1) is 0 Å². The van der Waals surface area contributed by atoms with Crippen LogP contribution in [-0.4, -0.2) is 0 Å². The van der Waals surface area contributed by atoms with E-state index in [1.807, 2.05) is 0 Å². The molecule has 0 aromatic heterocycles. The molecule has 0 saturated carbocycles. The van der Waals surface area contributed by atoms with Gasteiger partial charge in [-0.25, -0.2) is 0 Å². The van der Waals surface area contributed by atoms with Crippen molar-refractivity contribution >= 4 is 43.1 Å². The zero-order chi connectivity index (χ0) is 38.9. The monoisotopic (exact) mass is 738 g/mol. The Morgan fingerprint density at radius 2 is 0.655 bits per heavy atom. The zero-order valence-corrected chi connectivity index (χ0v) is 33.3. The van der Waals surface area contributed by atoms with E-state index in [-0.39, 0.29) is 10.8 Å². The number of hydrogen-bond acceptors (Lipinski definition) is 0. The van der Waals surface area contributed by atoms with E-state index in [1.54, 1.807) is 0 Å². The molecule has 0 N–H and O–H groups in total. The Morgan fingerprint density at radius 3 is 1.26 bits per heavy atom. The molecule has 0 fully saturated rings. The van der Waals surface area contributed by atoms with Crippen LogP contribution in [0.5, 0.6) is 0 Å². The maximum atomic E-state index is 2.51. The topological polar surface area (TPSA) is 0 Å². The minimum Gasteiger partial charge on any atom is -0.0619 e. The van der Waals surface area contributed by atoms with Crippen molar-refractivity contribution in [2.45, 2.75) is 38.5 Å². The Hall–Kier alpha value is -6.76.